The van der Waals surface area contributed by atoms with Gasteiger partial charge in [0.05, 0.1) is 6.61 Å². The summed E-state index contributed by atoms with van der Waals surface area (Å²) in [4.78, 5) is 11.9. The monoisotopic (exact) mass is 363 g/mol. The number of benzene rings is 1. The average molecular weight is 364 g/mol. The lowest BCUT2D eigenvalue weighted by Crippen LogP contribution is -2.07. The smallest absolute Gasteiger partial charge is 0.250 e. The lowest BCUT2D eigenvalue weighted by molar-refractivity contribution is -0.111. The summed E-state index contributed by atoms with van der Waals surface area (Å²) in [5.74, 6) is 1.63. The minimum atomic E-state index is -0.217. The lowest BCUT2D eigenvalue weighted by Gasteiger charge is -2.02. The normalized spacial score (nSPS) is 10.9. The molecule has 0 saturated carbocycles. The Morgan fingerprint density at radius 1 is 1.29 bits per heavy atom. The molecule has 0 spiro atoms. The standard InChI is InChI=1S/C17H21N3O2S2/c1-3-5-12-23-17-20-19-16(24-17)18-15(21)11-8-13-6-9-14(10-7-13)22-4-2/h6-11H,3-5,12H2,1-2H3,(H,18,19,21)/b11-8+. The van der Waals surface area contributed by atoms with E-state index in [9.17, 15) is 4.79 Å². The number of unbranched alkanes of at least 4 members (excludes halogenated alkanes) is 1. The largest absolute Gasteiger partial charge is 0.494 e. The van der Waals surface area contributed by atoms with E-state index in [1.54, 1.807) is 17.8 Å². The van der Waals surface area contributed by atoms with Crippen LogP contribution < -0.4 is 10.1 Å². The molecular formula is C17H21N3O2S2. The molecule has 0 saturated heterocycles. The first-order valence-electron chi connectivity index (χ1n) is 7.89. The van der Waals surface area contributed by atoms with E-state index in [0.29, 0.717) is 11.7 Å². The van der Waals surface area contributed by atoms with Gasteiger partial charge < -0.3 is 4.74 Å². The van der Waals surface area contributed by atoms with Crippen molar-refractivity contribution in [1.29, 1.82) is 0 Å². The molecule has 0 unspecified atom stereocenters. The van der Waals surface area contributed by atoms with Crippen molar-refractivity contribution in [3.63, 3.8) is 0 Å². The topological polar surface area (TPSA) is 64.1 Å². The second kappa shape index (κ2) is 10.1. The average Bonchev–Trinajstić information content (AvgIpc) is 3.02. The van der Waals surface area contributed by atoms with Gasteiger partial charge in [-0.3, -0.25) is 10.1 Å². The fraction of sp³-hybridized carbons (Fsp3) is 0.353. The van der Waals surface area contributed by atoms with Crippen molar-refractivity contribution in [3.8, 4) is 5.75 Å². The van der Waals surface area contributed by atoms with Crippen LogP contribution in [0.1, 0.15) is 32.3 Å². The second-order valence-electron chi connectivity index (χ2n) is 4.90. The zero-order chi connectivity index (χ0) is 17.2. The fourth-order valence-electron chi connectivity index (χ4n) is 1.78. The van der Waals surface area contributed by atoms with Crippen LogP contribution in [-0.2, 0) is 4.79 Å². The predicted octanol–water partition coefficient (Wildman–Crippen LogP) is 4.48. The van der Waals surface area contributed by atoms with Gasteiger partial charge in [-0.05, 0) is 37.1 Å². The van der Waals surface area contributed by atoms with Crippen LogP contribution in [0, 0.1) is 0 Å². The van der Waals surface area contributed by atoms with Crippen LogP contribution in [0.3, 0.4) is 0 Å². The molecular weight excluding hydrogens is 342 g/mol. The molecule has 0 aliphatic carbocycles. The van der Waals surface area contributed by atoms with Gasteiger partial charge in [0.2, 0.25) is 11.0 Å². The molecule has 1 amide bonds. The first-order chi connectivity index (χ1) is 11.7. The van der Waals surface area contributed by atoms with Crippen molar-refractivity contribution in [1.82, 2.24) is 10.2 Å². The summed E-state index contributed by atoms with van der Waals surface area (Å²) < 4.78 is 6.27. The molecule has 0 aliphatic rings. The molecule has 1 aromatic heterocycles. The number of ether oxygens (including phenoxy) is 1. The van der Waals surface area contributed by atoms with Gasteiger partial charge in [-0.1, -0.05) is 48.6 Å². The van der Waals surface area contributed by atoms with Crippen LogP contribution in [0.2, 0.25) is 0 Å². The van der Waals surface area contributed by atoms with E-state index in [4.69, 9.17) is 4.74 Å². The van der Waals surface area contributed by atoms with Crippen LogP contribution in [0.4, 0.5) is 5.13 Å². The van der Waals surface area contributed by atoms with E-state index in [2.05, 4.69) is 22.4 Å². The summed E-state index contributed by atoms with van der Waals surface area (Å²) in [5.41, 5.74) is 0.932. The number of rotatable bonds is 9. The van der Waals surface area contributed by atoms with Gasteiger partial charge in [-0.2, -0.15) is 0 Å². The number of thioether (sulfide) groups is 1. The Hall–Kier alpha value is -1.86. The Morgan fingerprint density at radius 3 is 2.79 bits per heavy atom. The highest BCUT2D eigenvalue weighted by Crippen LogP contribution is 2.26. The first-order valence-corrected chi connectivity index (χ1v) is 9.69. The Balaban J connectivity index is 1.83. The number of aromatic nitrogens is 2. The number of amides is 1. The van der Waals surface area contributed by atoms with E-state index in [0.717, 1.165) is 34.2 Å². The Morgan fingerprint density at radius 2 is 2.08 bits per heavy atom. The summed E-state index contributed by atoms with van der Waals surface area (Å²) in [6.07, 6.45) is 5.55. The molecule has 2 rings (SSSR count). The maximum Gasteiger partial charge on any atom is 0.250 e. The highest BCUT2D eigenvalue weighted by Gasteiger charge is 2.06. The van der Waals surface area contributed by atoms with Gasteiger partial charge in [0.25, 0.3) is 0 Å². The molecule has 7 heteroatoms. The molecule has 0 aliphatic heterocycles. The van der Waals surface area contributed by atoms with Crippen LogP contribution in [0.15, 0.2) is 34.7 Å². The summed E-state index contributed by atoms with van der Waals surface area (Å²) in [6, 6.07) is 7.57. The number of carbonyl (C=O) groups excluding carboxylic acids is 1. The second-order valence-corrected chi connectivity index (χ2v) is 7.22. The van der Waals surface area contributed by atoms with Crippen LogP contribution in [0.5, 0.6) is 5.75 Å². The van der Waals surface area contributed by atoms with Crippen molar-refractivity contribution in [2.45, 2.75) is 31.0 Å². The predicted molar refractivity (Wildman–Crippen MR) is 101 cm³/mol. The van der Waals surface area contributed by atoms with Crippen molar-refractivity contribution in [3.05, 3.63) is 35.9 Å². The van der Waals surface area contributed by atoms with Gasteiger partial charge in [-0.25, -0.2) is 0 Å². The summed E-state index contributed by atoms with van der Waals surface area (Å²) in [7, 11) is 0. The van der Waals surface area contributed by atoms with Crippen molar-refractivity contribution >= 4 is 40.2 Å². The highest BCUT2D eigenvalue weighted by molar-refractivity contribution is 8.01. The Bertz CT molecular complexity index is 669. The van der Waals surface area contributed by atoms with Gasteiger partial charge in [0, 0.05) is 11.8 Å². The molecule has 1 aromatic carbocycles. The summed E-state index contributed by atoms with van der Waals surface area (Å²) >= 11 is 3.07. The van der Waals surface area contributed by atoms with E-state index < -0.39 is 0 Å². The van der Waals surface area contributed by atoms with Gasteiger partial charge in [0.1, 0.15) is 5.75 Å². The van der Waals surface area contributed by atoms with Crippen molar-refractivity contribution < 1.29 is 9.53 Å². The van der Waals surface area contributed by atoms with Crippen molar-refractivity contribution in [2.75, 3.05) is 17.7 Å². The highest BCUT2D eigenvalue weighted by atomic mass is 32.2. The van der Waals surface area contributed by atoms with Crippen molar-refractivity contribution in [2.24, 2.45) is 0 Å². The van der Waals surface area contributed by atoms with Gasteiger partial charge in [0.15, 0.2) is 4.34 Å². The number of hydrogen-bond donors (Lipinski definition) is 1. The molecule has 2 aromatic rings. The van der Waals surface area contributed by atoms with E-state index in [1.807, 2.05) is 31.2 Å². The summed E-state index contributed by atoms with van der Waals surface area (Å²) in [5, 5.41) is 11.3. The van der Waals surface area contributed by atoms with Crippen LogP contribution in [0.25, 0.3) is 6.08 Å². The van der Waals surface area contributed by atoms with Gasteiger partial charge in [-0.15, -0.1) is 10.2 Å². The first kappa shape index (κ1) is 18.5. The Labute approximate surface area is 150 Å². The molecule has 24 heavy (non-hydrogen) atoms. The van der Waals surface area contributed by atoms with Crippen LogP contribution in [-0.4, -0.2) is 28.5 Å². The number of nitrogens with zero attached hydrogens (tertiary/aromatic N) is 2. The number of anilines is 1. The molecule has 128 valence electrons. The van der Waals surface area contributed by atoms with Crippen LogP contribution >= 0.6 is 23.1 Å². The van der Waals surface area contributed by atoms with E-state index >= 15 is 0 Å². The minimum absolute atomic E-state index is 0.217. The molecule has 1 heterocycles. The minimum Gasteiger partial charge on any atom is -0.494 e. The Kier molecular flexibility index (Phi) is 7.77. The van der Waals surface area contributed by atoms with E-state index in [1.165, 1.54) is 17.4 Å². The third-order valence-corrected chi connectivity index (χ3v) is 5.04. The zero-order valence-corrected chi connectivity index (χ0v) is 15.5. The fourth-order valence-corrected chi connectivity index (χ4v) is 3.69. The molecule has 1 N–H and O–H groups in total. The third-order valence-electron chi connectivity index (χ3n) is 2.98. The van der Waals surface area contributed by atoms with E-state index in [-0.39, 0.29) is 5.91 Å². The number of carbonyl (C=O) groups is 1. The molecule has 0 fully saturated rings. The summed E-state index contributed by atoms with van der Waals surface area (Å²) in [6.45, 7) is 4.74. The maximum atomic E-state index is 11.9. The molecule has 0 atom stereocenters. The number of hydrogen-bond acceptors (Lipinski definition) is 6. The third kappa shape index (κ3) is 6.33. The quantitative estimate of drug-likeness (QED) is 0.308. The molecule has 0 bridgehead atoms. The number of nitrogens with one attached hydrogen (secondary N) is 1. The maximum absolute atomic E-state index is 11.9. The lowest BCUT2D eigenvalue weighted by atomic mass is 10.2. The SMILES string of the molecule is CCCCSc1nnc(NC(=O)/C=C/c2ccc(OCC)cc2)s1. The molecule has 0 radical (unpaired) electrons. The van der Waals surface area contributed by atoms with Gasteiger partial charge >= 0.3 is 0 Å². The zero-order valence-electron chi connectivity index (χ0n) is 13.8. The molecule has 5 nitrogen and oxygen atoms in total.